The van der Waals surface area contributed by atoms with E-state index in [1.54, 1.807) is 29.2 Å². The third kappa shape index (κ3) is 2.88. The fourth-order valence-corrected chi connectivity index (χ4v) is 3.17. The lowest BCUT2D eigenvalue weighted by molar-refractivity contribution is 0.229. The van der Waals surface area contributed by atoms with Gasteiger partial charge in [-0.3, -0.25) is 10.2 Å². The van der Waals surface area contributed by atoms with Gasteiger partial charge in [-0.25, -0.2) is 4.79 Å². The molecule has 0 aliphatic carbocycles. The van der Waals surface area contributed by atoms with Gasteiger partial charge in [-0.1, -0.05) is 17.4 Å². The van der Waals surface area contributed by atoms with Crippen molar-refractivity contribution >= 4 is 22.5 Å². The Morgan fingerprint density at radius 3 is 3.18 bits per heavy atom. The smallest absolute Gasteiger partial charge is 0.327 e. The molecule has 1 unspecified atom stereocenters. The number of nitrogens with one attached hydrogen (secondary N) is 1. The summed E-state index contributed by atoms with van der Waals surface area (Å²) in [5, 5.41) is 13.0. The molecule has 8 heteroatoms. The Morgan fingerprint density at radius 1 is 1.59 bits per heavy atom. The number of carbonyl (C=O) groups excluding carboxylic acids is 1. The first-order chi connectivity index (χ1) is 10.7. The number of anilines is 1. The number of hydrogen-bond donors (Lipinski definition) is 1. The molecule has 0 aromatic carbocycles. The lowest BCUT2D eigenvalue weighted by atomic mass is 10.4. The highest BCUT2D eigenvalue weighted by atomic mass is 32.1. The fourth-order valence-electron chi connectivity index (χ4n) is 2.29. The number of rotatable bonds is 6. The average Bonchev–Trinajstić information content (AvgIpc) is 3.20. The van der Waals surface area contributed by atoms with E-state index in [4.69, 9.17) is 4.42 Å². The van der Waals surface area contributed by atoms with Crippen molar-refractivity contribution in [3.8, 4) is 0 Å². The van der Waals surface area contributed by atoms with Crippen LogP contribution in [0.5, 0.6) is 0 Å². The lowest BCUT2D eigenvalue weighted by Gasteiger charge is -2.20. The summed E-state index contributed by atoms with van der Waals surface area (Å²) < 4.78 is 5.31. The van der Waals surface area contributed by atoms with Crippen LogP contribution < -0.4 is 10.2 Å². The average molecular weight is 319 g/mol. The lowest BCUT2D eigenvalue weighted by Crippen LogP contribution is -2.44. The zero-order valence-corrected chi connectivity index (χ0v) is 13.0. The summed E-state index contributed by atoms with van der Waals surface area (Å²) in [7, 11) is 1.77. The van der Waals surface area contributed by atoms with Crippen molar-refractivity contribution in [1.29, 1.82) is 0 Å². The first kappa shape index (κ1) is 14.7. The minimum Gasteiger partial charge on any atom is -0.468 e. The largest absolute Gasteiger partial charge is 0.468 e. The van der Waals surface area contributed by atoms with E-state index in [9.17, 15) is 4.79 Å². The van der Waals surface area contributed by atoms with Crippen LogP contribution in [0.4, 0.5) is 9.93 Å². The van der Waals surface area contributed by atoms with Crippen molar-refractivity contribution < 1.29 is 9.21 Å². The van der Waals surface area contributed by atoms with Crippen molar-refractivity contribution in [2.45, 2.75) is 19.1 Å². The number of allylic oxidation sites excluding steroid dienone is 1. The molecule has 1 atom stereocenters. The van der Waals surface area contributed by atoms with Gasteiger partial charge in [-0.15, -0.1) is 16.8 Å². The van der Waals surface area contributed by atoms with Crippen LogP contribution in [0.1, 0.15) is 10.8 Å². The molecule has 22 heavy (non-hydrogen) atoms. The van der Waals surface area contributed by atoms with Crippen molar-refractivity contribution in [1.82, 2.24) is 20.4 Å². The van der Waals surface area contributed by atoms with Crippen molar-refractivity contribution in [2.24, 2.45) is 0 Å². The molecule has 0 saturated carbocycles. The SMILES string of the molecule is C=CCc1nnc(N2C(=O)N(C)CC2NCc2ccco2)s1. The van der Waals surface area contributed by atoms with Crippen LogP contribution in [-0.4, -0.2) is 40.9 Å². The fraction of sp³-hybridized carbons (Fsp3) is 0.357. The maximum atomic E-state index is 12.4. The van der Waals surface area contributed by atoms with Gasteiger partial charge < -0.3 is 9.32 Å². The number of aromatic nitrogens is 2. The normalized spacial score (nSPS) is 18.2. The Bertz CT molecular complexity index is 654. The molecule has 116 valence electrons. The summed E-state index contributed by atoms with van der Waals surface area (Å²) in [6.45, 7) is 4.82. The van der Waals surface area contributed by atoms with Crippen LogP contribution in [0, 0.1) is 0 Å². The minimum atomic E-state index is -0.160. The highest BCUT2D eigenvalue weighted by Gasteiger charge is 2.38. The van der Waals surface area contributed by atoms with Crippen LogP contribution in [0.15, 0.2) is 35.5 Å². The van der Waals surface area contributed by atoms with E-state index in [1.807, 2.05) is 12.1 Å². The maximum absolute atomic E-state index is 12.4. The molecule has 0 bridgehead atoms. The van der Waals surface area contributed by atoms with Gasteiger partial charge in [-0.05, 0) is 12.1 Å². The molecule has 0 radical (unpaired) electrons. The molecule has 2 amide bonds. The zero-order chi connectivity index (χ0) is 15.5. The van der Waals surface area contributed by atoms with Crippen LogP contribution >= 0.6 is 11.3 Å². The van der Waals surface area contributed by atoms with Crippen LogP contribution in [0.2, 0.25) is 0 Å². The van der Waals surface area contributed by atoms with E-state index in [2.05, 4.69) is 22.1 Å². The molecule has 1 aliphatic rings. The molecule has 3 heterocycles. The van der Waals surface area contributed by atoms with E-state index in [-0.39, 0.29) is 12.2 Å². The third-order valence-electron chi connectivity index (χ3n) is 3.36. The second kappa shape index (κ2) is 6.29. The molecule has 1 aliphatic heterocycles. The topological polar surface area (TPSA) is 74.5 Å². The van der Waals surface area contributed by atoms with E-state index in [1.165, 1.54) is 11.3 Å². The first-order valence-corrected chi connectivity index (χ1v) is 7.74. The molecular weight excluding hydrogens is 302 g/mol. The van der Waals surface area contributed by atoms with Gasteiger partial charge in [0.15, 0.2) is 0 Å². The molecule has 7 nitrogen and oxygen atoms in total. The monoisotopic (exact) mass is 319 g/mol. The second-order valence-corrected chi connectivity index (χ2v) is 6.02. The number of nitrogens with zero attached hydrogens (tertiary/aromatic N) is 4. The number of likely N-dealkylation sites (N-methyl/N-ethyl adjacent to an activating group) is 1. The molecule has 0 spiro atoms. The predicted octanol–water partition coefficient (Wildman–Crippen LogP) is 1.85. The highest BCUT2D eigenvalue weighted by Crippen LogP contribution is 2.27. The number of amides is 2. The van der Waals surface area contributed by atoms with Gasteiger partial charge >= 0.3 is 6.03 Å². The van der Waals surface area contributed by atoms with Gasteiger partial charge in [0, 0.05) is 13.5 Å². The number of hydrogen-bond acceptors (Lipinski definition) is 6. The molecule has 2 aromatic heterocycles. The van der Waals surface area contributed by atoms with Gasteiger partial charge in [0.2, 0.25) is 5.13 Å². The molecule has 2 aromatic rings. The van der Waals surface area contributed by atoms with Gasteiger partial charge in [0.05, 0.1) is 19.4 Å². The summed E-state index contributed by atoms with van der Waals surface area (Å²) in [5.41, 5.74) is 0. The Labute approximate surface area is 132 Å². The van der Waals surface area contributed by atoms with E-state index in [0.29, 0.717) is 24.6 Å². The summed E-state index contributed by atoms with van der Waals surface area (Å²) in [6, 6.07) is 3.65. The molecular formula is C14H17N5O2S. The van der Waals surface area contributed by atoms with E-state index < -0.39 is 0 Å². The van der Waals surface area contributed by atoms with E-state index >= 15 is 0 Å². The van der Waals surface area contributed by atoms with Gasteiger partial charge in [-0.2, -0.15) is 0 Å². The molecule has 3 rings (SSSR count). The maximum Gasteiger partial charge on any atom is 0.327 e. The Morgan fingerprint density at radius 2 is 2.45 bits per heavy atom. The predicted molar refractivity (Wildman–Crippen MR) is 83.7 cm³/mol. The Kier molecular flexibility index (Phi) is 4.21. The van der Waals surface area contributed by atoms with Crippen LogP contribution in [-0.2, 0) is 13.0 Å². The number of furan rings is 1. The quantitative estimate of drug-likeness (QED) is 0.823. The first-order valence-electron chi connectivity index (χ1n) is 6.92. The summed E-state index contributed by atoms with van der Waals surface area (Å²) in [5.74, 6) is 0.826. The summed E-state index contributed by atoms with van der Waals surface area (Å²) in [6.07, 6.45) is 3.90. The Balaban J connectivity index is 1.75. The van der Waals surface area contributed by atoms with Gasteiger partial charge in [0.25, 0.3) is 0 Å². The van der Waals surface area contributed by atoms with Crippen molar-refractivity contribution in [3.63, 3.8) is 0 Å². The summed E-state index contributed by atoms with van der Waals surface area (Å²) >= 11 is 1.41. The standard InChI is InChI=1S/C14H17N5O2S/c1-3-5-12-16-17-13(22-12)19-11(9-18(2)14(19)20)15-8-10-6-4-7-21-10/h3-4,6-7,11,15H,1,5,8-9H2,2H3. The van der Waals surface area contributed by atoms with Crippen LogP contribution in [0.3, 0.4) is 0 Å². The third-order valence-corrected chi connectivity index (χ3v) is 4.31. The van der Waals surface area contributed by atoms with Crippen molar-refractivity contribution in [3.05, 3.63) is 41.8 Å². The van der Waals surface area contributed by atoms with Crippen LogP contribution in [0.25, 0.3) is 0 Å². The number of carbonyl (C=O) groups is 1. The molecule has 1 fully saturated rings. The Hall–Kier alpha value is -2.19. The summed E-state index contributed by atoms with van der Waals surface area (Å²) in [4.78, 5) is 15.7. The van der Waals surface area contributed by atoms with E-state index in [0.717, 1.165) is 10.8 Å². The second-order valence-electron chi connectivity index (χ2n) is 4.98. The number of urea groups is 1. The minimum absolute atomic E-state index is 0.0850. The highest BCUT2D eigenvalue weighted by molar-refractivity contribution is 7.15. The van der Waals surface area contributed by atoms with Gasteiger partial charge in [0.1, 0.15) is 16.9 Å². The van der Waals surface area contributed by atoms with Crippen molar-refractivity contribution in [2.75, 3.05) is 18.5 Å². The zero-order valence-electron chi connectivity index (χ0n) is 12.2. The molecule has 1 saturated heterocycles. The molecule has 1 N–H and O–H groups in total.